The molecular weight excluding hydrogens is 240 g/mol. The van der Waals surface area contributed by atoms with Gasteiger partial charge >= 0.3 is 0 Å². The van der Waals surface area contributed by atoms with E-state index in [1.165, 1.54) is 19.3 Å². The van der Waals surface area contributed by atoms with Crippen LogP contribution >= 0.6 is 0 Å². The van der Waals surface area contributed by atoms with Gasteiger partial charge in [-0.3, -0.25) is 10.1 Å². The minimum absolute atomic E-state index is 0.158. The Labute approximate surface area is 113 Å². The molecule has 1 aromatic rings. The van der Waals surface area contributed by atoms with Crippen LogP contribution in [0.3, 0.4) is 0 Å². The molecule has 1 N–H and O–H groups in total. The lowest BCUT2D eigenvalue weighted by Gasteiger charge is -2.18. The Kier molecular flexibility index (Phi) is 5.10. The Morgan fingerprint density at radius 3 is 2.68 bits per heavy atom. The zero-order valence-electron chi connectivity index (χ0n) is 11.0. The Balaban J connectivity index is 1.67. The molecule has 1 aliphatic rings. The summed E-state index contributed by atoms with van der Waals surface area (Å²) in [6, 6.07) is 6.81. The van der Waals surface area contributed by atoms with Gasteiger partial charge in [0.1, 0.15) is 0 Å². The third kappa shape index (κ3) is 4.48. The summed E-state index contributed by atoms with van der Waals surface area (Å²) in [5.41, 5.74) is 1.30. The van der Waals surface area contributed by atoms with Gasteiger partial charge in [-0.05, 0) is 50.3 Å². The zero-order chi connectivity index (χ0) is 13.5. The number of allylic oxidation sites excluding steroid dienone is 2. The highest BCUT2D eigenvalue weighted by atomic mass is 16.6. The fraction of sp³-hybridized carbons (Fsp3) is 0.467. The molecule has 102 valence electrons. The summed E-state index contributed by atoms with van der Waals surface area (Å²) >= 11 is 0. The molecule has 4 heteroatoms. The minimum atomic E-state index is -0.362. The van der Waals surface area contributed by atoms with Crippen molar-refractivity contribution in [2.75, 3.05) is 13.1 Å². The molecule has 1 aliphatic carbocycles. The molecule has 4 nitrogen and oxygen atoms in total. The van der Waals surface area contributed by atoms with Gasteiger partial charge in [-0.25, -0.2) is 0 Å². The standard InChI is InChI=1S/C15H20N2O2/c18-17(19)15-8-6-13(7-9-15)10-11-16-12-14-4-2-1-3-5-14/h1-2,6-9,14,16H,3-5,10-12H2. The maximum Gasteiger partial charge on any atom is 0.269 e. The number of benzene rings is 1. The number of nitrogens with one attached hydrogen (secondary N) is 1. The van der Waals surface area contributed by atoms with E-state index >= 15 is 0 Å². The van der Waals surface area contributed by atoms with Gasteiger partial charge in [0, 0.05) is 12.1 Å². The first-order chi connectivity index (χ1) is 9.25. The first kappa shape index (κ1) is 13.7. The summed E-state index contributed by atoms with van der Waals surface area (Å²) in [7, 11) is 0. The summed E-state index contributed by atoms with van der Waals surface area (Å²) < 4.78 is 0. The highest BCUT2D eigenvalue weighted by Crippen LogP contribution is 2.17. The van der Waals surface area contributed by atoms with Crippen molar-refractivity contribution in [3.63, 3.8) is 0 Å². The molecule has 0 fully saturated rings. The maximum absolute atomic E-state index is 10.5. The van der Waals surface area contributed by atoms with Crippen LogP contribution in [0.15, 0.2) is 36.4 Å². The van der Waals surface area contributed by atoms with Gasteiger partial charge in [-0.15, -0.1) is 0 Å². The second-order valence-corrected chi connectivity index (χ2v) is 5.03. The van der Waals surface area contributed by atoms with Crippen LogP contribution in [0.4, 0.5) is 5.69 Å². The number of nitrogens with zero attached hydrogens (tertiary/aromatic N) is 1. The third-order valence-corrected chi connectivity index (χ3v) is 3.55. The Bertz CT molecular complexity index is 440. The van der Waals surface area contributed by atoms with Gasteiger partial charge < -0.3 is 5.32 Å². The van der Waals surface area contributed by atoms with Crippen LogP contribution in [0.25, 0.3) is 0 Å². The average molecular weight is 260 g/mol. The normalized spacial score (nSPS) is 18.4. The fourth-order valence-electron chi connectivity index (χ4n) is 2.36. The van der Waals surface area contributed by atoms with E-state index in [9.17, 15) is 10.1 Å². The number of rotatable bonds is 6. The number of nitro groups is 1. The van der Waals surface area contributed by atoms with Crippen LogP contribution in [0.5, 0.6) is 0 Å². The van der Waals surface area contributed by atoms with Crippen LogP contribution in [0, 0.1) is 16.0 Å². The number of nitro benzene ring substituents is 1. The first-order valence-electron chi connectivity index (χ1n) is 6.85. The highest BCUT2D eigenvalue weighted by molar-refractivity contribution is 5.32. The Morgan fingerprint density at radius 2 is 2.05 bits per heavy atom. The largest absolute Gasteiger partial charge is 0.316 e. The van der Waals surface area contributed by atoms with Gasteiger partial charge in [-0.2, -0.15) is 0 Å². The maximum atomic E-state index is 10.5. The molecule has 0 heterocycles. The van der Waals surface area contributed by atoms with Crippen molar-refractivity contribution < 1.29 is 4.92 Å². The summed E-state index contributed by atoms with van der Waals surface area (Å²) in [6.45, 7) is 2.00. The summed E-state index contributed by atoms with van der Waals surface area (Å²) in [4.78, 5) is 10.2. The molecule has 0 aromatic heterocycles. The fourth-order valence-corrected chi connectivity index (χ4v) is 2.36. The van der Waals surface area contributed by atoms with Crippen LogP contribution in [-0.2, 0) is 6.42 Å². The van der Waals surface area contributed by atoms with E-state index in [0.717, 1.165) is 31.0 Å². The van der Waals surface area contributed by atoms with Crippen molar-refractivity contribution in [1.82, 2.24) is 5.32 Å². The Morgan fingerprint density at radius 1 is 1.26 bits per heavy atom. The number of hydrogen-bond donors (Lipinski definition) is 1. The molecule has 0 radical (unpaired) electrons. The van der Waals surface area contributed by atoms with Gasteiger partial charge in [0.05, 0.1) is 4.92 Å². The monoisotopic (exact) mass is 260 g/mol. The van der Waals surface area contributed by atoms with Gasteiger partial charge in [0.15, 0.2) is 0 Å². The molecule has 0 saturated carbocycles. The zero-order valence-corrected chi connectivity index (χ0v) is 11.0. The average Bonchev–Trinajstić information content (AvgIpc) is 2.45. The lowest BCUT2D eigenvalue weighted by molar-refractivity contribution is -0.384. The van der Waals surface area contributed by atoms with Gasteiger partial charge in [-0.1, -0.05) is 24.3 Å². The van der Waals surface area contributed by atoms with Crippen molar-refractivity contribution in [2.45, 2.75) is 25.7 Å². The van der Waals surface area contributed by atoms with E-state index in [4.69, 9.17) is 0 Å². The van der Waals surface area contributed by atoms with E-state index in [-0.39, 0.29) is 10.6 Å². The summed E-state index contributed by atoms with van der Waals surface area (Å²) in [6.07, 6.45) is 9.11. The predicted octanol–water partition coefficient (Wildman–Crippen LogP) is 3.08. The molecular formula is C15H20N2O2. The number of non-ortho nitro benzene ring substituents is 1. The predicted molar refractivity (Wildman–Crippen MR) is 76.2 cm³/mol. The van der Waals surface area contributed by atoms with Crippen molar-refractivity contribution in [3.05, 3.63) is 52.1 Å². The van der Waals surface area contributed by atoms with Crippen molar-refractivity contribution in [1.29, 1.82) is 0 Å². The third-order valence-electron chi connectivity index (χ3n) is 3.55. The van der Waals surface area contributed by atoms with E-state index in [0.29, 0.717) is 0 Å². The van der Waals surface area contributed by atoms with Crippen LogP contribution in [-0.4, -0.2) is 18.0 Å². The number of hydrogen-bond acceptors (Lipinski definition) is 3. The van der Waals surface area contributed by atoms with Crippen LogP contribution < -0.4 is 5.32 Å². The molecule has 0 amide bonds. The molecule has 19 heavy (non-hydrogen) atoms. The second-order valence-electron chi connectivity index (χ2n) is 5.03. The van der Waals surface area contributed by atoms with Crippen molar-refractivity contribution in [2.24, 2.45) is 5.92 Å². The van der Waals surface area contributed by atoms with E-state index in [2.05, 4.69) is 17.5 Å². The SMILES string of the molecule is O=[N+]([O-])c1ccc(CCNCC2CC=CCC2)cc1. The smallest absolute Gasteiger partial charge is 0.269 e. The van der Waals surface area contributed by atoms with Gasteiger partial charge in [0.2, 0.25) is 0 Å². The van der Waals surface area contributed by atoms with Crippen LogP contribution in [0.1, 0.15) is 24.8 Å². The summed E-state index contributed by atoms with van der Waals surface area (Å²) in [5.74, 6) is 0.766. The van der Waals surface area contributed by atoms with Crippen molar-refractivity contribution in [3.8, 4) is 0 Å². The lowest BCUT2D eigenvalue weighted by atomic mass is 9.94. The second kappa shape index (κ2) is 7.04. The minimum Gasteiger partial charge on any atom is -0.316 e. The molecule has 0 bridgehead atoms. The quantitative estimate of drug-likeness (QED) is 0.370. The molecule has 0 aliphatic heterocycles. The topological polar surface area (TPSA) is 55.2 Å². The molecule has 1 unspecified atom stereocenters. The summed E-state index contributed by atoms with van der Waals surface area (Å²) in [5, 5.41) is 14.0. The van der Waals surface area contributed by atoms with E-state index < -0.39 is 0 Å². The van der Waals surface area contributed by atoms with Crippen LogP contribution in [0.2, 0.25) is 0 Å². The van der Waals surface area contributed by atoms with Crippen molar-refractivity contribution >= 4 is 5.69 Å². The molecule has 0 spiro atoms. The molecule has 0 saturated heterocycles. The molecule has 2 rings (SSSR count). The van der Waals surface area contributed by atoms with Gasteiger partial charge in [0.25, 0.3) is 5.69 Å². The molecule has 1 aromatic carbocycles. The highest BCUT2D eigenvalue weighted by Gasteiger charge is 2.08. The Hall–Kier alpha value is -1.68. The van der Waals surface area contributed by atoms with E-state index in [1.807, 2.05) is 12.1 Å². The molecule has 1 atom stereocenters. The lowest BCUT2D eigenvalue weighted by Crippen LogP contribution is -2.25. The van der Waals surface area contributed by atoms with E-state index in [1.54, 1.807) is 12.1 Å². The first-order valence-corrected chi connectivity index (χ1v) is 6.85.